The molecule has 0 bridgehead atoms. The maximum Gasteiger partial charge on any atom is 0.296 e. The number of nitrogens with zero attached hydrogens (tertiary/aromatic N) is 2. The molecule has 5 rings (SSSR count). The number of benzene rings is 2. The molecule has 3 aliphatic heterocycles. The van der Waals surface area contributed by atoms with Gasteiger partial charge in [0, 0.05) is 24.5 Å². The zero-order chi connectivity index (χ0) is 20.1. The number of rotatable bonds is 2. The third kappa shape index (κ3) is 3.22. The fourth-order valence-corrected chi connectivity index (χ4v) is 4.69. The van der Waals surface area contributed by atoms with Gasteiger partial charge in [-0.15, -0.1) is 0 Å². The predicted octanol–water partition coefficient (Wildman–Crippen LogP) is 4.08. The summed E-state index contributed by atoms with van der Waals surface area (Å²) in [4.78, 5) is 19.0. The van der Waals surface area contributed by atoms with E-state index in [2.05, 4.69) is 34.2 Å². The van der Waals surface area contributed by atoms with Gasteiger partial charge >= 0.3 is 0 Å². The Morgan fingerprint density at radius 3 is 2.59 bits per heavy atom. The maximum atomic E-state index is 12.6. The van der Waals surface area contributed by atoms with Crippen LogP contribution < -0.4 is 0 Å². The van der Waals surface area contributed by atoms with E-state index in [1.54, 1.807) is 0 Å². The summed E-state index contributed by atoms with van der Waals surface area (Å²) in [6.07, 6.45) is 2.17. The number of ether oxygens (including phenoxy) is 2. The number of amides is 1. The van der Waals surface area contributed by atoms with E-state index in [4.69, 9.17) is 21.1 Å². The normalized spacial score (nSPS) is 25.1. The van der Waals surface area contributed by atoms with Crippen LogP contribution in [0, 0.1) is 0 Å². The van der Waals surface area contributed by atoms with Gasteiger partial charge in [0.05, 0.1) is 12.2 Å². The number of likely N-dealkylation sites (tertiary alicyclic amines) is 1. The lowest BCUT2D eigenvalue weighted by Crippen LogP contribution is -2.46. The molecule has 1 amide bonds. The number of carbonyl (C=O) groups excluding carboxylic acids is 1. The second-order valence-corrected chi connectivity index (χ2v) is 8.70. The SMILES string of the molecule is CC1(Cc2ccc(Cl)cc2)OC(N2CCC3(CC2)OCc2ccccc23)=NC1=O. The van der Waals surface area contributed by atoms with Crippen LogP contribution in [0.5, 0.6) is 0 Å². The molecule has 0 radical (unpaired) electrons. The highest BCUT2D eigenvalue weighted by atomic mass is 35.5. The van der Waals surface area contributed by atoms with E-state index < -0.39 is 5.60 Å². The Balaban J connectivity index is 1.27. The van der Waals surface area contributed by atoms with Gasteiger partial charge in [-0.05, 0) is 48.6 Å². The Morgan fingerprint density at radius 2 is 1.83 bits per heavy atom. The molecular weight excluding hydrogens is 388 g/mol. The number of hydrogen-bond acceptors (Lipinski definition) is 4. The van der Waals surface area contributed by atoms with Crippen LogP contribution >= 0.6 is 11.6 Å². The zero-order valence-electron chi connectivity index (χ0n) is 16.4. The summed E-state index contributed by atoms with van der Waals surface area (Å²) in [5.74, 6) is -0.231. The standard InChI is InChI=1S/C23H23ClN2O3/c1-22(14-16-6-8-18(24)9-7-16)20(27)25-21(29-22)26-12-10-23(11-13-26)19-5-3-2-4-17(19)15-28-23/h2-9H,10-15H2,1H3. The molecule has 1 saturated heterocycles. The number of fused-ring (bicyclic) bond motifs is 2. The first-order chi connectivity index (χ1) is 14.0. The highest BCUT2D eigenvalue weighted by Crippen LogP contribution is 2.44. The topological polar surface area (TPSA) is 51.1 Å². The van der Waals surface area contributed by atoms with Crippen LogP contribution in [-0.4, -0.2) is 35.5 Å². The van der Waals surface area contributed by atoms with Crippen molar-refractivity contribution in [1.82, 2.24) is 4.90 Å². The molecule has 0 saturated carbocycles. The smallest absolute Gasteiger partial charge is 0.296 e. The van der Waals surface area contributed by atoms with Crippen LogP contribution in [0.15, 0.2) is 53.5 Å². The number of piperidine rings is 1. The molecule has 5 nitrogen and oxygen atoms in total. The van der Waals surface area contributed by atoms with Gasteiger partial charge in [-0.3, -0.25) is 4.79 Å². The molecule has 0 aromatic heterocycles. The minimum Gasteiger partial charge on any atom is -0.448 e. The Kier molecular flexibility index (Phi) is 4.41. The molecule has 1 fully saturated rings. The molecule has 6 heteroatoms. The summed E-state index contributed by atoms with van der Waals surface area (Å²) in [5.41, 5.74) is 2.38. The Morgan fingerprint density at radius 1 is 1.10 bits per heavy atom. The van der Waals surface area contributed by atoms with Crippen LogP contribution in [0.4, 0.5) is 0 Å². The third-order valence-corrected chi connectivity index (χ3v) is 6.53. The first kappa shape index (κ1) is 18.6. The van der Waals surface area contributed by atoms with Crippen molar-refractivity contribution in [2.75, 3.05) is 13.1 Å². The fraction of sp³-hybridized carbons (Fsp3) is 0.391. The van der Waals surface area contributed by atoms with Crippen molar-refractivity contribution < 1.29 is 14.3 Å². The summed E-state index contributed by atoms with van der Waals surface area (Å²) in [6.45, 7) is 3.97. The Labute approximate surface area is 175 Å². The van der Waals surface area contributed by atoms with E-state index in [1.807, 2.05) is 31.2 Å². The van der Waals surface area contributed by atoms with Crippen molar-refractivity contribution in [3.63, 3.8) is 0 Å². The quantitative estimate of drug-likeness (QED) is 0.748. The molecule has 150 valence electrons. The van der Waals surface area contributed by atoms with Crippen molar-refractivity contribution in [1.29, 1.82) is 0 Å². The summed E-state index contributed by atoms with van der Waals surface area (Å²) in [5, 5.41) is 0.674. The van der Waals surface area contributed by atoms with Gasteiger partial charge in [-0.25, -0.2) is 0 Å². The van der Waals surface area contributed by atoms with Crippen molar-refractivity contribution in [3.05, 3.63) is 70.2 Å². The van der Waals surface area contributed by atoms with Crippen molar-refractivity contribution >= 4 is 23.5 Å². The third-order valence-electron chi connectivity index (χ3n) is 6.27. The first-order valence-electron chi connectivity index (χ1n) is 10.0. The van der Waals surface area contributed by atoms with Crippen LogP contribution in [-0.2, 0) is 32.9 Å². The molecule has 2 aromatic carbocycles. The zero-order valence-corrected chi connectivity index (χ0v) is 17.1. The van der Waals surface area contributed by atoms with Crippen LogP contribution in [0.3, 0.4) is 0 Å². The predicted molar refractivity (Wildman–Crippen MR) is 111 cm³/mol. The van der Waals surface area contributed by atoms with Crippen molar-refractivity contribution in [2.24, 2.45) is 4.99 Å². The van der Waals surface area contributed by atoms with Crippen LogP contribution in [0.25, 0.3) is 0 Å². The second-order valence-electron chi connectivity index (χ2n) is 8.26. The van der Waals surface area contributed by atoms with E-state index in [1.165, 1.54) is 11.1 Å². The average molecular weight is 411 g/mol. The van der Waals surface area contributed by atoms with Gasteiger partial charge in [-0.1, -0.05) is 48.0 Å². The molecule has 1 unspecified atom stereocenters. The highest BCUT2D eigenvalue weighted by molar-refractivity contribution is 6.30. The monoisotopic (exact) mass is 410 g/mol. The van der Waals surface area contributed by atoms with Gasteiger partial charge in [0.1, 0.15) is 0 Å². The molecule has 3 heterocycles. The lowest BCUT2D eigenvalue weighted by molar-refractivity contribution is -0.129. The average Bonchev–Trinajstić information content (AvgIpc) is 3.23. The molecule has 29 heavy (non-hydrogen) atoms. The van der Waals surface area contributed by atoms with Gasteiger partial charge in [-0.2, -0.15) is 4.99 Å². The van der Waals surface area contributed by atoms with E-state index >= 15 is 0 Å². The molecule has 3 aliphatic rings. The Hall–Kier alpha value is -2.37. The summed E-state index contributed by atoms with van der Waals surface area (Å²) in [6, 6.07) is 16.4. The van der Waals surface area contributed by atoms with Gasteiger partial charge < -0.3 is 14.4 Å². The highest BCUT2D eigenvalue weighted by Gasteiger charge is 2.47. The van der Waals surface area contributed by atoms with Crippen molar-refractivity contribution in [3.8, 4) is 0 Å². The number of amidine groups is 1. The molecule has 2 aromatic rings. The van der Waals surface area contributed by atoms with Crippen molar-refractivity contribution in [2.45, 2.75) is 44.0 Å². The van der Waals surface area contributed by atoms with Crippen LogP contribution in [0.2, 0.25) is 5.02 Å². The minimum atomic E-state index is -0.977. The molecular formula is C23H23ClN2O3. The molecule has 0 aliphatic carbocycles. The number of halogens is 1. The Bertz CT molecular complexity index is 980. The number of hydrogen-bond donors (Lipinski definition) is 0. The van der Waals surface area contributed by atoms with E-state index in [9.17, 15) is 4.79 Å². The minimum absolute atomic E-state index is 0.219. The molecule has 1 spiro atoms. The number of aliphatic imine (C=N–C) groups is 1. The van der Waals surface area contributed by atoms with Gasteiger partial charge in [0.25, 0.3) is 11.9 Å². The van der Waals surface area contributed by atoms with Crippen LogP contribution in [0.1, 0.15) is 36.5 Å². The summed E-state index contributed by atoms with van der Waals surface area (Å²) >= 11 is 5.96. The largest absolute Gasteiger partial charge is 0.448 e. The lowest BCUT2D eigenvalue weighted by atomic mass is 9.84. The van der Waals surface area contributed by atoms with Gasteiger partial charge in [0.2, 0.25) is 0 Å². The first-order valence-corrected chi connectivity index (χ1v) is 10.4. The molecule has 0 N–H and O–H groups in total. The molecule has 1 atom stereocenters. The second kappa shape index (κ2) is 6.85. The lowest BCUT2D eigenvalue weighted by Gasteiger charge is -2.39. The summed E-state index contributed by atoms with van der Waals surface area (Å²) in [7, 11) is 0. The van der Waals surface area contributed by atoms with E-state index in [-0.39, 0.29) is 11.5 Å². The summed E-state index contributed by atoms with van der Waals surface area (Å²) < 4.78 is 12.3. The van der Waals surface area contributed by atoms with Gasteiger partial charge in [0.15, 0.2) is 5.60 Å². The van der Waals surface area contributed by atoms with E-state index in [0.717, 1.165) is 31.5 Å². The number of carbonyl (C=O) groups is 1. The fourth-order valence-electron chi connectivity index (χ4n) is 4.57. The van der Waals surface area contributed by atoms with E-state index in [0.29, 0.717) is 24.1 Å². The maximum absolute atomic E-state index is 12.6.